The number of rotatable bonds is 4. The highest BCUT2D eigenvalue weighted by atomic mass is 35.5. The lowest BCUT2D eigenvalue weighted by Gasteiger charge is -2.19. The van der Waals surface area contributed by atoms with E-state index in [-0.39, 0.29) is 0 Å². The van der Waals surface area contributed by atoms with Gasteiger partial charge in [-0.25, -0.2) is 0 Å². The minimum Gasteiger partial charge on any atom is -0.309 e. The maximum Gasteiger partial charge on any atom is 0.0451 e. The summed E-state index contributed by atoms with van der Waals surface area (Å²) in [5.41, 5.74) is 1.09. The first-order valence-corrected chi connectivity index (χ1v) is 7.95. The highest BCUT2D eigenvalue weighted by molar-refractivity contribution is 7.99. The fourth-order valence-electron chi connectivity index (χ4n) is 2.36. The Labute approximate surface area is 117 Å². The first kappa shape index (κ1) is 13.5. The summed E-state index contributed by atoms with van der Waals surface area (Å²) >= 11 is 14.1. The molecule has 1 aromatic rings. The summed E-state index contributed by atoms with van der Waals surface area (Å²) in [5.74, 6) is 0. The van der Waals surface area contributed by atoms with Crippen molar-refractivity contribution in [3.63, 3.8) is 0 Å². The largest absolute Gasteiger partial charge is 0.309 e. The van der Waals surface area contributed by atoms with Crippen molar-refractivity contribution >= 4 is 35.0 Å². The molecule has 0 heterocycles. The summed E-state index contributed by atoms with van der Waals surface area (Å²) in [6.45, 7) is 0.807. The van der Waals surface area contributed by atoms with Gasteiger partial charge in [-0.2, -0.15) is 11.8 Å². The predicted octanol–water partition coefficient (Wildman–Crippen LogP) is 4.37. The number of thioether (sulfide) groups is 1. The molecule has 0 radical (unpaired) electrons. The molecule has 0 spiro atoms. The fraction of sp³-hybridized carbons (Fsp3) is 0.538. The van der Waals surface area contributed by atoms with Gasteiger partial charge < -0.3 is 5.32 Å². The van der Waals surface area contributed by atoms with Crippen molar-refractivity contribution in [1.29, 1.82) is 0 Å². The molecule has 17 heavy (non-hydrogen) atoms. The van der Waals surface area contributed by atoms with Gasteiger partial charge in [0, 0.05) is 27.9 Å². The van der Waals surface area contributed by atoms with Crippen molar-refractivity contribution in [2.75, 3.05) is 6.26 Å². The van der Waals surface area contributed by atoms with E-state index < -0.39 is 0 Å². The van der Waals surface area contributed by atoms with Gasteiger partial charge in [-0.15, -0.1) is 0 Å². The quantitative estimate of drug-likeness (QED) is 0.884. The Kier molecular flexibility index (Phi) is 5.04. The topological polar surface area (TPSA) is 12.0 Å². The molecule has 0 amide bonds. The molecule has 4 heteroatoms. The summed E-state index contributed by atoms with van der Waals surface area (Å²) in [7, 11) is 0. The smallest absolute Gasteiger partial charge is 0.0451 e. The monoisotopic (exact) mass is 289 g/mol. The molecule has 1 saturated carbocycles. The number of hydrogen-bond donors (Lipinski definition) is 1. The van der Waals surface area contributed by atoms with Gasteiger partial charge in [-0.1, -0.05) is 29.6 Å². The summed E-state index contributed by atoms with van der Waals surface area (Å²) in [5, 5.41) is 5.89. The van der Waals surface area contributed by atoms with Crippen molar-refractivity contribution in [2.45, 2.75) is 37.1 Å². The second-order valence-corrected chi connectivity index (χ2v) is 6.35. The highest BCUT2D eigenvalue weighted by Crippen LogP contribution is 2.29. The molecule has 0 saturated heterocycles. The fourth-order valence-corrected chi connectivity index (χ4v) is 3.70. The average molecular weight is 290 g/mol. The van der Waals surface area contributed by atoms with E-state index in [4.69, 9.17) is 23.2 Å². The van der Waals surface area contributed by atoms with E-state index >= 15 is 0 Å². The van der Waals surface area contributed by atoms with Gasteiger partial charge in [0.1, 0.15) is 0 Å². The van der Waals surface area contributed by atoms with E-state index in [2.05, 4.69) is 11.6 Å². The van der Waals surface area contributed by atoms with Crippen LogP contribution in [0.2, 0.25) is 10.0 Å². The number of nitrogens with one attached hydrogen (secondary N) is 1. The third-order valence-electron chi connectivity index (χ3n) is 3.32. The molecule has 1 aromatic carbocycles. The number of hydrogen-bond acceptors (Lipinski definition) is 2. The molecular formula is C13H17Cl2NS. The molecule has 2 unspecified atom stereocenters. The molecule has 1 aliphatic carbocycles. The van der Waals surface area contributed by atoms with Crippen molar-refractivity contribution in [2.24, 2.45) is 0 Å². The zero-order valence-corrected chi connectivity index (χ0v) is 12.2. The SMILES string of the molecule is CSC1CCCC1NCc1cc(Cl)ccc1Cl. The molecule has 1 aliphatic rings. The Morgan fingerprint density at radius 2 is 2.18 bits per heavy atom. The Morgan fingerprint density at radius 1 is 1.35 bits per heavy atom. The van der Waals surface area contributed by atoms with Gasteiger partial charge in [0.25, 0.3) is 0 Å². The third kappa shape index (κ3) is 3.54. The van der Waals surface area contributed by atoms with Crippen LogP contribution < -0.4 is 5.32 Å². The maximum absolute atomic E-state index is 6.15. The lowest BCUT2D eigenvalue weighted by atomic mass is 10.2. The Morgan fingerprint density at radius 3 is 2.94 bits per heavy atom. The minimum absolute atomic E-state index is 0.611. The van der Waals surface area contributed by atoms with Crippen LogP contribution in [-0.4, -0.2) is 17.5 Å². The molecular weight excluding hydrogens is 273 g/mol. The summed E-state index contributed by atoms with van der Waals surface area (Å²) in [6, 6.07) is 6.25. The summed E-state index contributed by atoms with van der Waals surface area (Å²) < 4.78 is 0. The second-order valence-electron chi connectivity index (χ2n) is 4.43. The van der Waals surface area contributed by atoms with E-state index in [1.807, 2.05) is 30.0 Å². The van der Waals surface area contributed by atoms with E-state index in [0.717, 1.165) is 27.4 Å². The summed E-state index contributed by atoms with van der Waals surface area (Å²) in [4.78, 5) is 0. The van der Waals surface area contributed by atoms with Crippen LogP contribution in [0.25, 0.3) is 0 Å². The van der Waals surface area contributed by atoms with E-state index in [0.29, 0.717) is 6.04 Å². The molecule has 0 aromatic heterocycles. The van der Waals surface area contributed by atoms with Crippen molar-refractivity contribution in [3.8, 4) is 0 Å². The standard InChI is InChI=1S/C13H17Cl2NS/c1-17-13-4-2-3-12(13)16-8-9-7-10(14)5-6-11(9)15/h5-7,12-13,16H,2-4,8H2,1H3. The second kappa shape index (κ2) is 6.33. The summed E-state index contributed by atoms with van der Waals surface area (Å²) in [6.07, 6.45) is 6.11. The zero-order chi connectivity index (χ0) is 12.3. The zero-order valence-electron chi connectivity index (χ0n) is 9.88. The van der Waals surface area contributed by atoms with Gasteiger partial charge in [-0.3, -0.25) is 0 Å². The number of benzene rings is 1. The van der Waals surface area contributed by atoms with Crippen LogP contribution in [-0.2, 0) is 6.54 Å². The molecule has 2 rings (SSSR count). The third-order valence-corrected chi connectivity index (χ3v) is 5.09. The predicted molar refractivity (Wildman–Crippen MR) is 78.2 cm³/mol. The average Bonchev–Trinajstić information content (AvgIpc) is 2.77. The van der Waals surface area contributed by atoms with Gasteiger partial charge in [0.2, 0.25) is 0 Å². The molecule has 0 aliphatic heterocycles. The van der Waals surface area contributed by atoms with Crippen LogP contribution in [0, 0.1) is 0 Å². The maximum atomic E-state index is 6.15. The Balaban J connectivity index is 1.95. The van der Waals surface area contributed by atoms with Gasteiger partial charge in [0.05, 0.1) is 0 Å². The molecule has 94 valence electrons. The minimum atomic E-state index is 0.611. The normalized spacial score (nSPS) is 24.2. The lowest BCUT2D eigenvalue weighted by molar-refractivity contribution is 0.532. The van der Waals surface area contributed by atoms with Crippen LogP contribution in [0.5, 0.6) is 0 Å². The highest BCUT2D eigenvalue weighted by Gasteiger charge is 2.25. The van der Waals surface area contributed by atoms with Crippen LogP contribution in [0.4, 0.5) is 0 Å². The van der Waals surface area contributed by atoms with Crippen LogP contribution >= 0.6 is 35.0 Å². The van der Waals surface area contributed by atoms with Crippen molar-refractivity contribution in [1.82, 2.24) is 5.32 Å². The Hall–Kier alpha value is 0.110. The lowest BCUT2D eigenvalue weighted by Crippen LogP contribution is -2.33. The molecule has 1 N–H and O–H groups in total. The molecule has 1 nitrogen and oxygen atoms in total. The van der Waals surface area contributed by atoms with Crippen LogP contribution in [0.1, 0.15) is 24.8 Å². The first-order valence-electron chi connectivity index (χ1n) is 5.91. The van der Waals surface area contributed by atoms with Crippen LogP contribution in [0.15, 0.2) is 18.2 Å². The molecule has 0 bridgehead atoms. The molecule has 2 atom stereocenters. The first-order chi connectivity index (χ1) is 8.20. The van der Waals surface area contributed by atoms with E-state index in [1.54, 1.807) is 0 Å². The van der Waals surface area contributed by atoms with Gasteiger partial charge in [0.15, 0.2) is 0 Å². The van der Waals surface area contributed by atoms with Gasteiger partial charge in [-0.05, 0) is 42.9 Å². The van der Waals surface area contributed by atoms with Crippen LogP contribution in [0.3, 0.4) is 0 Å². The molecule has 1 fully saturated rings. The van der Waals surface area contributed by atoms with E-state index in [9.17, 15) is 0 Å². The number of halogens is 2. The van der Waals surface area contributed by atoms with Crippen molar-refractivity contribution in [3.05, 3.63) is 33.8 Å². The van der Waals surface area contributed by atoms with Gasteiger partial charge >= 0.3 is 0 Å². The Bertz CT molecular complexity index is 384. The van der Waals surface area contributed by atoms with E-state index in [1.165, 1.54) is 19.3 Å². The van der Waals surface area contributed by atoms with Crippen molar-refractivity contribution < 1.29 is 0 Å².